The molecule has 110 valence electrons. The number of nitro groups is 1. The van der Waals surface area contributed by atoms with E-state index >= 15 is 0 Å². The third kappa shape index (κ3) is 2.47. The van der Waals surface area contributed by atoms with E-state index in [2.05, 4.69) is 10.3 Å². The molecule has 22 heavy (non-hydrogen) atoms. The summed E-state index contributed by atoms with van der Waals surface area (Å²) in [6, 6.07) is 11.1. The van der Waals surface area contributed by atoms with Crippen LogP contribution in [-0.4, -0.2) is 15.8 Å². The van der Waals surface area contributed by atoms with E-state index in [0.717, 1.165) is 17.0 Å². The number of aromatic amines is 1. The number of nitrogens with one attached hydrogen (secondary N) is 2. The average Bonchev–Trinajstić information content (AvgIpc) is 2.94. The molecule has 0 aliphatic rings. The normalized spacial score (nSPS) is 10.5. The summed E-state index contributed by atoms with van der Waals surface area (Å²) in [5, 5.41) is 14.5. The predicted octanol–water partition coefficient (Wildman–Crippen LogP) is 2.91. The third-order valence-corrected chi connectivity index (χ3v) is 3.31. The van der Waals surface area contributed by atoms with Crippen LogP contribution in [0.15, 0.2) is 48.7 Å². The number of nitro benzene ring substituents is 1. The number of nitrogens with two attached hydrogens (primary N) is 1. The molecule has 7 heteroatoms. The van der Waals surface area contributed by atoms with Gasteiger partial charge in [-0.2, -0.15) is 0 Å². The number of nitrogens with zero attached hydrogens (tertiary/aromatic N) is 1. The van der Waals surface area contributed by atoms with Crippen molar-refractivity contribution in [3.63, 3.8) is 0 Å². The number of hydrogen-bond donors (Lipinski definition) is 3. The molecule has 1 amide bonds. The highest BCUT2D eigenvalue weighted by Gasteiger charge is 2.15. The molecule has 0 bridgehead atoms. The number of benzene rings is 2. The second-order valence-electron chi connectivity index (χ2n) is 4.76. The smallest absolute Gasteiger partial charge is 0.270 e. The second kappa shape index (κ2) is 5.21. The van der Waals surface area contributed by atoms with Crippen molar-refractivity contribution in [3.05, 3.63) is 64.3 Å². The van der Waals surface area contributed by atoms with E-state index in [-0.39, 0.29) is 16.9 Å². The molecule has 0 saturated carbocycles. The molecular formula is C15H12N4O3. The lowest BCUT2D eigenvalue weighted by Crippen LogP contribution is -2.14. The molecular weight excluding hydrogens is 284 g/mol. The lowest BCUT2D eigenvalue weighted by atomic mass is 10.1. The SMILES string of the molecule is Nc1ccc([N+](=O)[O-])cc1C(=O)Nc1ccc2cc[nH]c2c1. The van der Waals surface area contributed by atoms with Crippen LogP contribution in [0.25, 0.3) is 10.9 Å². The van der Waals surface area contributed by atoms with Gasteiger partial charge < -0.3 is 16.0 Å². The zero-order chi connectivity index (χ0) is 15.7. The van der Waals surface area contributed by atoms with E-state index in [0.29, 0.717) is 5.69 Å². The molecule has 3 rings (SSSR count). The van der Waals surface area contributed by atoms with Crippen molar-refractivity contribution in [2.45, 2.75) is 0 Å². The van der Waals surface area contributed by atoms with E-state index in [4.69, 9.17) is 5.73 Å². The minimum Gasteiger partial charge on any atom is -0.398 e. The number of carbonyl (C=O) groups is 1. The third-order valence-electron chi connectivity index (χ3n) is 3.31. The van der Waals surface area contributed by atoms with Crippen molar-refractivity contribution >= 4 is 33.9 Å². The molecule has 1 aromatic heterocycles. The number of nitrogen functional groups attached to an aromatic ring is 1. The van der Waals surface area contributed by atoms with Crippen molar-refractivity contribution < 1.29 is 9.72 Å². The fraction of sp³-hybridized carbons (Fsp3) is 0. The van der Waals surface area contributed by atoms with Crippen molar-refractivity contribution in [1.29, 1.82) is 0 Å². The Morgan fingerprint density at radius 1 is 1.18 bits per heavy atom. The molecule has 0 unspecified atom stereocenters. The number of non-ortho nitro benzene ring substituents is 1. The van der Waals surface area contributed by atoms with Gasteiger partial charge in [0.1, 0.15) is 0 Å². The number of hydrogen-bond acceptors (Lipinski definition) is 4. The van der Waals surface area contributed by atoms with Crippen molar-refractivity contribution in [2.75, 3.05) is 11.1 Å². The van der Waals surface area contributed by atoms with Gasteiger partial charge in [0.2, 0.25) is 0 Å². The number of H-pyrrole nitrogens is 1. The maximum atomic E-state index is 12.3. The van der Waals surface area contributed by atoms with E-state index in [1.807, 2.05) is 12.1 Å². The Morgan fingerprint density at radius 3 is 2.77 bits per heavy atom. The first kappa shape index (κ1) is 13.6. The summed E-state index contributed by atoms with van der Waals surface area (Å²) >= 11 is 0. The van der Waals surface area contributed by atoms with E-state index in [9.17, 15) is 14.9 Å². The molecule has 0 aliphatic heterocycles. The monoisotopic (exact) mass is 296 g/mol. The zero-order valence-corrected chi connectivity index (χ0v) is 11.4. The highest BCUT2D eigenvalue weighted by atomic mass is 16.6. The van der Waals surface area contributed by atoms with Gasteiger partial charge in [-0.05, 0) is 29.7 Å². The van der Waals surface area contributed by atoms with Gasteiger partial charge in [-0.25, -0.2) is 0 Å². The molecule has 0 aliphatic carbocycles. The molecule has 0 radical (unpaired) electrons. The minimum absolute atomic E-state index is 0.0702. The lowest BCUT2D eigenvalue weighted by Gasteiger charge is -2.07. The Hall–Kier alpha value is -3.35. The Morgan fingerprint density at radius 2 is 2.00 bits per heavy atom. The van der Waals surface area contributed by atoms with Gasteiger partial charge in [0, 0.05) is 35.2 Å². The average molecular weight is 296 g/mol. The molecule has 0 spiro atoms. The zero-order valence-electron chi connectivity index (χ0n) is 11.4. The van der Waals surface area contributed by atoms with Crippen LogP contribution in [0.2, 0.25) is 0 Å². The molecule has 7 nitrogen and oxygen atoms in total. The predicted molar refractivity (Wildman–Crippen MR) is 83.8 cm³/mol. The van der Waals surface area contributed by atoms with Gasteiger partial charge in [-0.1, -0.05) is 6.07 Å². The van der Waals surface area contributed by atoms with Crippen LogP contribution < -0.4 is 11.1 Å². The molecule has 4 N–H and O–H groups in total. The molecule has 1 heterocycles. The number of rotatable bonds is 3. The fourth-order valence-electron chi connectivity index (χ4n) is 2.18. The first-order valence-corrected chi connectivity index (χ1v) is 6.47. The van der Waals surface area contributed by atoms with Crippen LogP contribution in [0.5, 0.6) is 0 Å². The Balaban J connectivity index is 1.90. The van der Waals surface area contributed by atoms with Crippen LogP contribution in [0, 0.1) is 10.1 Å². The highest BCUT2D eigenvalue weighted by molar-refractivity contribution is 6.08. The van der Waals surface area contributed by atoms with Crippen LogP contribution in [0.1, 0.15) is 10.4 Å². The molecule has 3 aromatic rings. The van der Waals surface area contributed by atoms with E-state index in [1.165, 1.54) is 12.1 Å². The van der Waals surface area contributed by atoms with Crippen LogP contribution in [0.4, 0.5) is 17.1 Å². The maximum Gasteiger partial charge on any atom is 0.270 e. The summed E-state index contributed by atoms with van der Waals surface area (Å²) < 4.78 is 0. The summed E-state index contributed by atoms with van der Waals surface area (Å²) in [5.74, 6) is -0.493. The maximum absolute atomic E-state index is 12.3. The fourth-order valence-corrected chi connectivity index (χ4v) is 2.18. The molecule has 0 fully saturated rings. The van der Waals surface area contributed by atoms with Crippen LogP contribution in [-0.2, 0) is 0 Å². The largest absolute Gasteiger partial charge is 0.398 e. The van der Waals surface area contributed by atoms with Crippen molar-refractivity contribution in [3.8, 4) is 0 Å². The van der Waals surface area contributed by atoms with Gasteiger partial charge in [-0.3, -0.25) is 14.9 Å². The number of fused-ring (bicyclic) bond motifs is 1. The molecule has 2 aromatic carbocycles. The van der Waals surface area contributed by atoms with Crippen LogP contribution in [0.3, 0.4) is 0 Å². The number of amides is 1. The first-order chi connectivity index (χ1) is 10.5. The van der Waals surface area contributed by atoms with Crippen LogP contribution >= 0.6 is 0 Å². The molecule has 0 saturated heterocycles. The van der Waals surface area contributed by atoms with Gasteiger partial charge in [0.15, 0.2) is 0 Å². The quantitative estimate of drug-likeness (QED) is 0.391. The van der Waals surface area contributed by atoms with Gasteiger partial charge in [0.05, 0.1) is 10.5 Å². The lowest BCUT2D eigenvalue weighted by molar-refractivity contribution is -0.384. The minimum atomic E-state index is -0.568. The molecule has 0 atom stereocenters. The van der Waals surface area contributed by atoms with E-state index in [1.54, 1.807) is 18.3 Å². The summed E-state index contributed by atoms with van der Waals surface area (Å²) in [6.07, 6.45) is 1.80. The topological polar surface area (TPSA) is 114 Å². The van der Waals surface area contributed by atoms with Crippen molar-refractivity contribution in [1.82, 2.24) is 4.98 Å². The van der Waals surface area contributed by atoms with Gasteiger partial charge in [-0.15, -0.1) is 0 Å². The number of anilines is 2. The Labute approximate surface area is 124 Å². The van der Waals surface area contributed by atoms with Gasteiger partial charge in [0.25, 0.3) is 11.6 Å². The summed E-state index contributed by atoms with van der Waals surface area (Å²) in [7, 11) is 0. The van der Waals surface area contributed by atoms with Gasteiger partial charge >= 0.3 is 0 Å². The standard InChI is InChI=1S/C15H12N4O3/c16-13-4-3-11(19(21)22)8-12(13)15(20)18-10-2-1-9-5-6-17-14(9)7-10/h1-8,17H,16H2,(H,18,20). The summed E-state index contributed by atoms with van der Waals surface area (Å²) in [5.41, 5.74) is 7.26. The number of aromatic nitrogens is 1. The second-order valence-corrected chi connectivity index (χ2v) is 4.76. The highest BCUT2D eigenvalue weighted by Crippen LogP contribution is 2.22. The Kier molecular flexibility index (Phi) is 3.23. The summed E-state index contributed by atoms with van der Waals surface area (Å²) in [4.78, 5) is 25.5. The number of carbonyl (C=O) groups excluding carboxylic acids is 1. The first-order valence-electron chi connectivity index (χ1n) is 6.47. The van der Waals surface area contributed by atoms with E-state index < -0.39 is 10.8 Å². The Bertz CT molecular complexity index is 885. The van der Waals surface area contributed by atoms with Crippen molar-refractivity contribution in [2.24, 2.45) is 0 Å². The summed E-state index contributed by atoms with van der Waals surface area (Å²) in [6.45, 7) is 0.